The number of thiophene rings is 1. The van der Waals surface area contributed by atoms with E-state index < -0.39 is 0 Å². The maximum absolute atomic E-state index is 9.76. The van der Waals surface area contributed by atoms with Crippen molar-refractivity contribution >= 4 is 23.1 Å². The molecule has 1 aromatic heterocycles. The van der Waals surface area contributed by atoms with Gasteiger partial charge >= 0.3 is 0 Å². The summed E-state index contributed by atoms with van der Waals surface area (Å²) < 4.78 is 1.30. The van der Waals surface area contributed by atoms with E-state index in [2.05, 4.69) is 11.6 Å². The van der Waals surface area contributed by atoms with Gasteiger partial charge in [-0.15, -0.1) is 23.1 Å². The second-order valence-corrected chi connectivity index (χ2v) is 5.03. The van der Waals surface area contributed by atoms with E-state index in [1.807, 2.05) is 0 Å². The first-order chi connectivity index (χ1) is 5.83. The Hall–Kier alpha value is 0.01000. The molecule has 0 bridgehead atoms. The van der Waals surface area contributed by atoms with E-state index in [1.165, 1.54) is 15.3 Å². The van der Waals surface area contributed by atoms with E-state index in [9.17, 15) is 5.11 Å². The van der Waals surface area contributed by atoms with E-state index in [-0.39, 0.29) is 6.10 Å². The molecule has 0 aromatic carbocycles. The summed E-state index contributed by atoms with van der Waals surface area (Å²) in [5.74, 6) is 0. The molecule has 3 heteroatoms. The highest BCUT2D eigenvalue weighted by molar-refractivity contribution is 8.00. The average Bonchev–Trinajstić information content (AvgIpc) is 2.49. The van der Waals surface area contributed by atoms with Crippen molar-refractivity contribution in [2.24, 2.45) is 0 Å². The summed E-state index contributed by atoms with van der Waals surface area (Å²) in [7, 11) is 0. The molecule has 0 fully saturated rings. The molecule has 66 valence electrons. The van der Waals surface area contributed by atoms with Crippen LogP contribution in [0.5, 0.6) is 0 Å². The van der Waals surface area contributed by atoms with E-state index in [1.54, 1.807) is 23.1 Å². The maximum Gasteiger partial charge on any atom is 0.0812 e. The molecular formula is C9H12OS2. The van der Waals surface area contributed by atoms with Gasteiger partial charge in [-0.2, -0.15) is 0 Å². The summed E-state index contributed by atoms with van der Waals surface area (Å²) in [4.78, 5) is 0. The third-order valence-corrected chi connectivity index (χ3v) is 4.53. The molecule has 1 unspecified atom stereocenters. The van der Waals surface area contributed by atoms with E-state index >= 15 is 0 Å². The first-order valence-electron chi connectivity index (χ1n) is 4.15. The molecule has 0 saturated carbocycles. The van der Waals surface area contributed by atoms with Crippen LogP contribution >= 0.6 is 23.1 Å². The second kappa shape index (κ2) is 3.40. The molecule has 1 aliphatic rings. The minimum Gasteiger partial charge on any atom is -0.388 e. The summed E-state index contributed by atoms with van der Waals surface area (Å²) in [6.07, 6.45) is 5.12. The van der Waals surface area contributed by atoms with Gasteiger partial charge in [0.25, 0.3) is 0 Å². The molecular weight excluding hydrogens is 188 g/mol. The van der Waals surface area contributed by atoms with Gasteiger partial charge in [-0.05, 0) is 36.5 Å². The van der Waals surface area contributed by atoms with Crippen LogP contribution in [0.2, 0.25) is 0 Å². The molecule has 1 aromatic rings. The van der Waals surface area contributed by atoms with Crippen molar-refractivity contribution in [2.45, 2.75) is 29.6 Å². The van der Waals surface area contributed by atoms with Crippen LogP contribution in [0.15, 0.2) is 9.59 Å². The fourth-order valence-corrected chi connectivity index (χ4v) is 3.62. The SMILES string of the molecule is CSc1scc2c1C(O)CCC2. The fraction of sp³-hybridized carbons (Fsp3) is 0.556. The zero-order chi connectivity index (χ0) is 8.55. The van der Waals surface area contributed by atoms with E-state index in [4.69, 9.17) is 0 Å². The highest BCUT2D eigenvalue weighted by atomic mass is 32.2. The average molecular weight is 200 g/mol. The Morgan fingerprint density at radius 1 is 1.67 bits per heavy atom. The lowest BCUT2D eigenvalue weighted by Gasteiger charge is -2.18. The van der Waals surface area contributed by atoms with Crippen LogP contribution in [0.25, 0.3) is 0 Å². The molecule has 0 saturated heterocycles. The van der Waals surface area contributed by atoms with Crippen molar-refractivity contribution in [2.75, 3.05) is 6.26 Å². The second-order valence-electron chi connectivity index (χ2n) is 3.07. The molecule has 2 rings (SSSR count). The lowest BCUT2D eigenvalue weighted by Crippen LogP contribution is -2.07. The minimum atomic E-state index is -0.192. The van der Waals surface area contributed by atoms with Gasteiger partial charge in [-0.1, -0.05) is 0 Å². The number of thioether (sulfide) groups is 1. The molecule has 0 aliphatic heterocycles. The van der Waals surface area contributed by atoms with Crippen molar-refractivity contribution in [3.05, 3.63) is 16.5 Å². The van der Waals surface area contributed by atoms with Gasteiger partial charge in [0.1, 0.15) is 0 Å². The maximum atomic E-state index is 9.76. The van der Waals surface area contributed by atoms with Crippen molar-refractivity contribution in [1.29, 1.82) is 0 Å². The molecule has 0 amide bonds. The van der Waals surface area contributed by atoms with Crippen LogP contribution in [0.1, 0.15) is 30.1 Å². The van der Waals surface area contributed by atoms with Crippen LogP contribution in [0.4, 0.5) is 0 Å². The molecule has 1 heterocycles. The third kappa shape index (κ3) is 1.30. The van der Waals surface area contributed by atoms with Gasteiger partial charge < -0.3 is 5.11 Å². The largest absolute Gasteiger partial charge is 0.388 e. The summed E-state index contributed by atoms with van der Waals surface area (Å²) in [6, 6.07) is 0. The lowest BCUT2D eigenvalue weighted by molar-refractivity contribution is 0.154. The highest BCUT2D eigenvalue weighted by Crippen LogP contribution is 2.40. The Morgan fingerprint density at radius 2 is 2.50 bits per heavy atom. The van der Waals surface area contributed by atoms with Crippen LogP contribution in [-0.2, 0) is 6.42 Å². The van der Waals surface area contributed by atoms with Gasteiger partial charge in [0.05, 0.1) is 10.3 Å². The van der Waals surface area contributed by atoms with Crippen LogP contribution in [0.3, 0.4) is 0 Å². The normalized spacial score (nSPS) is 22.3. The monoisotopic (exact) mass is 200 g/mol. The Morgan fingerprint density at radius 3 is 3.25 bits per heavy atom. The molecule has 1 nitrogen and oxygen atoms in total. The van der Waals surface area contributed by atoms with Gasteiger partial charge in [-0.25, -0.2) is 0 Å². The topological polar surface area (TPSA) is 20.2 Å². The molecule has 1 atom stereocenters. The van der Waals surface area contributed by atoms with Crippen molar-refractivity contribution in [3.63, 3.8) is 0 Å². The third-order valence-electron chi connectivity index (χ3n) is 2.32. The fourth-order valence-electron chi connectivity index (χ4n) is 1.71. The summed E-state index contributed by atoms with van der Waals surface area (Å²) in [5.41, 5.74) is 2.60. The summed E-state index contributed by atoms with van der Waals surface area (Å²) in [5, 5.41) is 12.0. The first kappa shape index (κ1) is 8.60. The van der Waals surface area contributed by atoms with Crippen molar-refractivity contribution in [3.8, 4) is 0 Å². The molecule has 1 N–H and O–H groups in total. The predicted octanol–water partition coefficient (Wildman–Crippen LogP) is 2.84. The number of fused-ring (bicyclic) bond motifs is 1. The highest BCUT2D eigenvalue weighted by Gasteiger charge is 2.22. The first-order valence-corrected chi connectivity index (χ1v) is 6.25. The van der Waals surface area contributed by atoms with Gasteiger partial charge in [0.15, 0.2) is 0 Å². The zero-order valence-corrected chi connectivity index (χ0v) is 8.67. The van der Waals surface area contributed by atoms with Crippen LogP contribution in [-0.4, -0.2) is 11.4 Å². The standard InChI is InChI=1S/C9H12OS2/c1-11-9-8-6(5-12-9)3-2-4-7(8)10/h5,7,10H,2-4H2,1H3. The number of aliphatic hydroxyl groups is 1. The van der Waals surface area contributed by atoms with Gasteiger partial charge in [0, 0.05) is 5.56 Å². The molecule has 0 spiro atoms. The molecule has 0 radical (unpaired) electrons. The minimum absolute atomic E-state index is 0.192. The van der Waals surface area contributed by atoms with E-state index in [0.29, 0.717) is 0 Å². The number of aryl methyl sites for hydroxylation is 1. The quantitative estimate of drug-likeness (QED) is 0.703. The van der Waals surface area contributed by atoms with Crippen LogP contribution in [0, 0.1) is 0 Å². The van der Waals surface area contributed by atoms with Gasteiger partial charge in [0.2, 0.25) is 0 Å². The summed E-state index contributed by atoms with van der Waals surface area (Å²) >= 11 is 3.52. The Kier molecular flexibility index (Phi) is 2.44. The molecule has 1 aliphatic carbocycles. The smallest absolute Gasteiger partial charge is 0.0812 e. The Labute approximate surface area is 80.8 Å². The zero-order valence-electron chi connectivity index (χ0n) is 7.04. The Balaban J connectivity index is 2.43. The predicted molar refractivity (Wildman–Crippen MR) is 54.0 cm³/mol. The van der Waals surface area contributed by atoms with Gasteiger partial charge in [-0.3, -0.25) is 0 Å². The van der Waals surface area contributed by atoms with E-state index in [0.717, 1.165) is 19.3 Å². The Bertz CT molecular complexity index is 267. The number of rotatable bonds is 1. The number of aliphatic hydroxyl groups excluding tert-OH is 1. The van der Waals surface area contributed by atoms with Crippen molar-refractivity contribution in [1.82, 2.24) is 0 Å². The number of hydrogen-bond acceptors (Lipinski definition) is 3. The van der Waals surface area contributed by atoms with Crippen molar-refractivity contribution < 1.29 is 5.11 Å². The summed E-state index contributed by atoms with van der Waals surface area (Å²) in [6.45, 7) is 0. The number of hydrogen-bond donors (Lipinski definition) is 1. The lowest BCUT2D eigenvalue weighted by atomic mass is 9.93. The van der Waals surface area contributed by atoms with Crippen LogP contribution < -0.4 is 0 Å². The molecule has 12 heavy (non-hydrogen) atoms.